The van der Waals surface area contributed by atoms with Crippen molar-refractivity contribution in [1.29, 1.82) is 0 Å². The van der Waals surface area contributed by atoms with Crippen LogP contribution >= 0.6 is 0 Å². The molecular weight excluding hydrogens is 303 g/mol. The van der Waals surface area contributed by atoms with Gasteiger partial charge in [-0.3, -0.25) is 4.79 Å². The van der Waals surface area contributed by atoms with Gasteiger partial charge in [-0.15, -0.1) is 0 Å². The van der Waals surface area contributed by atoms with Crippen LogP contribution in [-0.4, -0.2) is 28.2 Å². The number of alkyl halides is 3. The van der Waals surface area contributed by atoms with Crippen LogP contribution in [0.4, 0.5) is 18.0 Å². The van der Waals surface area contributed by atoms with E-state index in [4.69, 9.17) is 4.74 Å². The summed E-state index contributed by atoms with van der Waals surface area (Å²) in [5.41, 5.74) is -3.51. The summed E-state index contributed by atoms with van der Waals surface area (Å²) in [5, 5.41) is 2.33. The van der Waals surface area contributed by atoms with Crippen LogP contribution in [0.1, 0.15) is 32.0 Å². The summed E-state index contributed by atoms with van der Waals surface area (Å²) in [6.07, 6.45) is -2.63. The number of aromatic nitrogens is 2. The zero-order chi connectivity index (χ0) is 17.0. The maximum absolute atomic E-state index is 12.7. The highest BCUT2D eigenvalue weighted by molar-refractivity contribution is 5.68. The normalized spacial score (nSPS) is 12.5. The number of nitrogens with one attached hydrogen (secondary N) is 2. The Bertz CT molecular complexity index is 615. The number of alkyl carbamates (subject to hydrolysis) is 1. The second-order valence-corrected chi connectivity index (χ2v) is 5.28. The van der Waals surface area contributed by atoms with Crippen LogP contribution in [0, 0.1) is 0 Å². The first kappa shape index (κ1) is 17.7. The third-order valence-electron chi connectivity index (χ3n) is 2.21. The Morgan fingerprint density at radius 3 is 2.59 bits per heavy atom. The molecule has 0 aliphatic carbocycles. The summed E-state index contributed by atoms with van der Waals surface area (Å²) in [4.78, 5) is 28.0. The molecule has 0 saturated heterocycles. The largest absolute Gasteiger partial charge is 0.444 e. The molecule has 0 saturated carbocycles. The lowest BCUT2D eigenvalue weighted by Crippen LogP contribution is -2.32. The first-order valence-electron chi connectivity index (χ1n) is 6.29. The van der Waals surface area contributed by atoms with E-state index in [1.54, 1.807) is 20.8 Å². The highest BCUT2D eigenvalue weighted by Gasteiger charge is 2.35. The molecule has 1 aromatic rings. The maximum Gasteiger partial charge on any atom is 0.434 e. The third-order valence-corrected chi connectivity index (χ3v) is 2.21. The zero-order valence-corrected chi connectivity index (χ0v) is 12.2. The van der Waals surface area contributed by atoms with Crippen molar-refractivity contribution in [2.75, 3.05) is 6.54 Å². The molecular formula is C13H16F3N3O3. The van der Waals surface area contributed by atoms with E-state index in [2.05, 4.69) is 15.3 Å². The van der Waals surface area contributed by atoms with E-state index >= 15 is 0 Å². The van der Waals surface area contributed by atoms with Crippen molar-refractivity contribution in [3.8, 4) is 0 Å². The first-order chi connectivity index (χ1) is 10.0. The Labute approximate surface area is 124 Å². The molecule has 0 unspecified atom stereocenters. The predicted octanol–water partition coefficient (Wildman–Crippen LogP) is 2.33. The third kappa shape index (κ3) is 5.58. The summed E-state index contributed by atoms with van der Waals surface area (Å²) in [6.45, 7) is 4.92. The predicted molar refractivity (Wildman–Crippen MR) is 73.1 cm³/mol. The molecule has 1 rings (SSSR count). The van der Waals surface area contributed by atoms with Gasteiger partial charge in [-0.2, -0.15) is 13.2 Å². The fraction of sp³-hybridized carbons (Fsp3) is 0.462. The number of hydrogen-bond donors (Lipinski definition) is 2. The minimum Gasteiger partial charge on any atom is -0.444 e. The fourth-order valence-electron chi connectivity index (χ4n) is 1.42. The van der Waals surface area contributed by atoms with Crippen LogP contribution in [0.3, 0.4) is 0 Å². The van der Waals surface area contributed by atoms with Crippen LogP contribution in [-0.2, 0) is 10.9 Å². The summed E-state index contributed by atoms with van der Waals surface area (Å²) in [7, 11) is 0. The molecule has 0 fully saturated rings. The second kappa shape index (κ2) is 6.63. The van der Waals surface area contributed by atoms with Crippen molar-refractivity contribution < 1.29 is 22.7 Å². The number of ether oxygens (including phenoxy) is 1. The van der Waals surface area contributed by atoms with Gasteiger partial charge in [0.2, 0.25) is 0 Å². The lowest BCUT2D eigenvalue weighted by molar-refractivity contribution is -0.141. The van der Waals surface area contributed by atoms with E-state index in [1.165, 1.54) is 6.08 Å². The van der Waals surface area contributed by atoms with E-state index in [1.807, 2.05) is 0 Å². The molecule has 0 aromatic carbocycles. The molecule has 0 spiro atoms. The molecule has 2 N–H and O–H groups in total. The summed E-state index contributed by atoms with van der Waals surface area (Å²) < 4.78 is 43.1. The molecule has 0 bridgehead atoms. The van der Waals surface area contributed by atoms with Crippen molar-refractivity contribution in [1.82, 2.24) is 15.3 Å². The minimum absolute atomic E-state index is 0.0967. The number of amides is 1. The van der Waals surface area contributed by atoms with Gasteiger partial charge in [0.15, 0.2) is 5.69 Å². The summed E-state index contributed by atoms with van der Waals surface area (Å²) in [5.74, 6) is 0. The number of halogens is 3. The minimum atomic E-state index is -4.74. The Morgan fingerprint density at radius 1 is 1.41 bits per heavy atom. The smallest absolute Gasteiger partial charge is 0.434 e. The Kier molecular flexibility index (Phi) is 5.34. The van der Waals surface area contributed by atoms with E-state index < -0.39 is 34.7 Å². The molecule has 1 amide bonds. The van der Waals surface area contributed by atoms with Crippen LogP contribution in [0.15, 0.2) is 17.2 Å². The van der Waals surface area contributed by atoms with Crippen LogP contribution in [0.25, 0.3) is 6.08 Å². The first-order valence-corrected chi connectivity index (χ1v) is 6.29. The molecule has 6 nitrogen and oxygen atoms in total. The highest BCUT2D eigenvalue weighted by atomic mass is 19.4. The van der Waals surface area contributed by atoms with Gasteiger partial charge in [-0.1, -0.05) is 6.08 Å². The quantitative estimate of drug-likeness (QED) is 0.895. The van der Waals surface area contributed by atoms with Gasteiger partial charge in [0.25, 0.3) is 5.56 Å². The lowest BCUT2D eigenvalue weighted by atomic mass is 10.2. The van der Waals surface area contributed by atoms with Crippen molar-refractivity contribution in [3.63, 3.8) is 0 Å². The Morgan fingerprint density at radius 2 is 2.05 bits per heavy atom. The Balaban J connectivity index is 2.76. The van der Waals surface area contributed by atoms with E-state index in [0.29, 0.717) is 6.33 Å². The fourth-order valence-corrected chi connectivity index (χ4v) is 1.42. The number of rotatable bonds is 3. The van der Waals surface area contributed by atoms with E-state index in [0.717, 1.165) is 6.08 Å². The number of hydrogen-bond acceptors (Lipinski definition) is 4. The van der Waals surface area contributed by atoms with Crippen LogP contribution in [0.5, 0.6) is 0 Å². The molecule has 0 aliphatic heterocycles. The average Bonchev–Trinajstić information content (AvgIpc) is 2.32. The van der Waals surface area contributed by atoms with Gasteiger partial charge in [-0.05, 0) is 26.8 Å². The van der Waals surface area contributed by atoms with E-state index in [-0.39, 0.29) is 6.54 Å². The van der Waals surface area contributed by atoms with Crippen LogP contribution < -0.4 is 10.9 Å². The van der Waals surface area contributed by atoms with Gasteiger partial charge in [0, 0.05) is 6.54 Å². The molecule has 9 heteroatoms. The number of carbonyl (C=O) groups is 1. The van der Waals surface area contributed by atoms with Gasteiger partial charge < -0.3 is 15.0 Å². The average molecular weight is 319 g/mol. The van der Waals surface area contributed by atoms with Gasteiger partial charge in [0.1, 0.15) is 5.60 Å². The summed E-state index contributed by atoms with van der Waals surface area (Å²) >= 11 is 0. The topological polar surface area (TPSA) is 84.1 Å². The van der Waals surface area contributed by atoms with Crippen molar-refractivity contribution in [2.45, 2.75) is 32.5 Å². The number of H-pyrrole nitrogens is 1. The van der Waals surface area contributed by atoms with Crippen molar-refractivity contribution >= 4 is 12.2 Å². The molecule has 1 heterocycles. The second-order valence-electron chi connectivity index (χ2n) is 5.28. The molecule has 1 aromatic heterocycles. The Hall–Kier alpha value is -2.32. The van der Waals surface area contributed by atoms with E-state index in [9.17, 15) is 22.8 Å². The number of aromatic amines is 1. The molecule has 122 valence electrons. The summed E-state index contributed by atoms with van der Waals surface area (Å²) in [6, 6.07) is 0. The standard InChI is InChI=1S/C13H16F3N3O3/c1-12(2,3)22-11(21)17-6-4-5-8-9(13(14,15)16)18-7-19-10(8)20/h4-5,7H,6H2,1-3H3,(H,17,21)(H,18,19,20). The van der Waals surface area contributed by atoms with Gasteiger partial charge in [-0.25, -0.2) is 9.78 Å². The van der Waals surface area contributed by atoms with Crippen LogP contribution in [0.2, 0.25) is 0 Å². The molecule has 0 radical (unpaired) electrons. The van der Waals surface area contributed by atoms with Crippen molar-refractivity contribution in [3.05, 3.63) is 34.0 Å². The SMILES string of the molecule is CC(C)(C)OC(=O)NCC=Cc1c(C(F)(F)F)nc[nH]c1=O. The van der Waals surface area contributed by atoms with Gasteiger partial charge in [0.05, 0.1) is 11.9 Å². The number of nitrogens with zero attached hydrogens (tertiary/aromatic N) is 1. The zero-order valence-electron chi connectivity index (χ0n) is 12.2. The number of carbonyl (C=O) groups excluding carboxylic acids is 1. The molecule has 0 atom stereocenters. The lowest BCUT2D eigenvalue weighted by Gasteiger charge is -2.19. The maximum atomic E-state index is 12.7. The molecule has 22 heavy (non-hydrogen) atoms. The molecule has 0 aliphatic rings. The van der Waals surface area contributed by atoms with Gasteiger partial charge >= 0.3 is 12.3 Å². The monoisotopic (exact) mass is 319 g/mol. The van der Waals surface area contributed by atoms with Crippen molar-refractivity contribution in [2.24, 2.45) is 0 Å². The highest BCUT2D eigenvalue weighted by Crippen LogP contribution is 2.28.